The molecule has 2 aromatic carbocycles. The molecule has 1 unspecified atom stereocenters. The Morgan fingerprint density at radius 2 is 2.07 bits per heavy atom. The van der Waals surface area contributed by atoms with Gasteiger partial charge in [-0.05, 0) is 62.1 Å². The molecule has 1 aliphatic rings. The van der Waals surface area contributed by atoms with Crippen molar-refractivity contribution in [2.45, 2.75) is 45.6 Å². The lowest BCUT2D eigenvalue weighted by molar-refractivity contribution is 0.0729. The largest absolute Gasteiger partial charge is 0.493 e. The number of halogens is 2. The number of hydrogen-bond acceptors (Lipinski definition) is 4. The maximum atomic E-state index is 13.0. The second-order valence-corrected chi connectivity index (χ2v) is 7.94. The van der Waals surface area contributed by atoms with E-state index in [0.717, 1.165) is 37.8 Å². The molecule has 0 N–H and O–H groups in total. The van der Waals surface area contributed by atoms with Crippen LogP contribution in [-0.4, -0.2) is 37.2 Å². The summed E-state index contributed by atoms with van der Waals surface area (Å²) in [4.78, 5) is 15.1. The molecule has 30 heavy (non-hydrogen) atoms. The predicted molar refractivity (Wildman–Crippen MR) is 118 cm³/mol. The highest BCUT2D eigenvalue weighted by molar-refractivity contribution is 6.32. The van der Waals surface area contributed by atoms with Crippen LogP contribution in [0.4, 0.5) is 4.39 Å². The van der Waals surface area contributed by atoms with Crippen LogP contribution < -0.4 is 9.47 Å². The van der Waals surface area contributed by atoms with Gasteiger partial charge in [-0.3, -0.25) is 4.90 Å². The number of ether oxygens (including phenoxy) is 2. The summed E-state index contributed by atoms with van der Waals surface area (Å²) in [5.41, 5.74) is 1.87. The number of carbonyl (C=O) groups excluding carboxylic acids is 1. The molecule has 1 aliphatic heterocycles. The molecule has 2 aromatic rings. The highest BCUT2D eigenvalue weighted by Gasteiger charge is 2.31. The van der Waals surface area contributed by atoms with Gasteiger partial charge >= 0.3 is 5.97 Å². The van der Waals surface area contributed by atoms with Crippen molar-refractivity contribution in [1.82, 2.24) is 4.90 Å². The normalized spacial score (nSPS) is 16.6. The number of carbonyl (C=O) groups is 1. The molecule has 0 saturated carbocycles. The summed E-state index contributed by atoms with van der Waals surface area (Å²) in [7, 11) is 0. The number of hydrogen-bond donors (Lipinski definition) is 0. The molecule has 1 heterocycles. The van der Waals surface area contributed by atoms with Crippen molar-refractivity contribution in [2.75, 3.05) is 26.4 Å². The van der Waals surface area contributed by atoms with Gasteiger partial charge in [-0.1, -0.05) is 43.1 Å². The fourth-order valence-corrected chi connectivity index (χ4v) is 4.20. The number of nitrogens with zero attached hydrogens (tertiary/aromatic N) is 1. The number of para-hydroxylation sites is 1. The number of rotatable bonds is 9. The third-order valence-electron chi connectivity index (χ3n) is 5.50. The molecular weight excluding hydrogens is 405 g/mol. The summed E-state index contributed by atoms with van der Waals surface area (Å²) < 4.78 is 24.6. The van der Waals surface area contributed by atoms with E-state index in [9.17, 15) is 9.18 Å². The Morgan fingerprint density at radius 3 is 2.77 bits per heavy atom. The Bertz CT molecular complexity index is 859. The van der Waals surface area contributed by atoms with Crippen LogP contribution in [0, 0.1) is 6.92 Å². The zero-order valence-corrected chi connectivity index (χ0v) is 18.4. The third-order valence-corrected chi connectivity index (χ3v) is 6.00. The minimum atomic E-state index is -0.495. The number of esters is 1. The van der Waals surface area contributed by atoms with Crippen LogP contribution in [0.3, 0.4) is 0 Å². The maximum Gasteiger partial charge on any atom is 0.347 e. The Balaban J connectivity index is 1.98. The summed E-state index contributed by atoms with van der Waals surface area (Å²) in [5.74, 6) is 0.450. The van der Waals surface area contributed by atoms with E-state index in [1.54, 1.807) is 12.1 Å². The van der Waals surface area contributed by atoms with Gasteiger partial charge in [-0.2, -0.15) is 0 Å². The predicted octanol–water partition coefficient (Wildman–Crippen LogP) is 6.15. The molecule has 0 bridgehead atoms. The molecule has 0 spiro atoms. The molecule has 0 aliphatic carbocycles. The Labute approximate surface area is 182 Å². The monoisotopic (exact) mass is 433 g/mol. The van der Waals surface area contributed by atoms with Gasteiger partial charge in [-0.25, -0.2) is 9.18 Å². The molecule has 1 atom stereocenters. The lowest BCUT2D eigenvalue weighted by atomic mass is 9.97. The van der Waals surface area contributed by atoms with E-state index in [2.05, 4.69) is 11.8 Å². The van der Waals surface area contributed by atoms with Crippen LogP contribution in [-0.2, 0) is 0 Å². The molecular formula is C24H29ClFNO3. The van der Waals surface area contributed by atoms with E-state index in [-0.39, 0.29) is 6.04 Å². The van der Waals surface area contributed by atoms with E-state index in [4.69, 9.17) is 21.1 Å². The first-order chi connectivity index (χ1) is 14.6. The quantitative estimate of drug-likeness (QED) is 0.270. The van der Waals surface area contributed by atoms with Gasteiger partial charge in [0.05, 0.1) is 6.61 Å². The smallest absolute Gasteiger partial charge is 0.347 e. The number of alkyl halides is 1. The van der Waals surface area contributed by atoms with Gasteiger partial charge in [0.1, 0.15) is 23.7 Å². The number of unbranched alkanes of at least 4 members (excludes halogenated alkanes) is 1. The van der Waals surface area contributed by atoms with Crippen molar-refractivity contribution in [1.29, 1.82) is 0 Å². The average Bonchev–Trinajstić information content (AvgIpc) is 3.19. The fourth-order valence-electron chi connectivity index (χ4n) is 3.93. The van der Waals surface area contributed by atoms with Crippen LogP contribution >= 0.6 is 11.6 Å². The second kappa shape index (κ2) is 10.8. The summed E-state index contributed by atoms with van der Waals surface area (Å²) in [6.45, 7) is 5.22. The molecule has 1 fully saturated rings. The van der Waals surface area contributed by atoms with E-state index >= 15 is 0 Å². The summed E-state index contributed by atoms with van der Waals surface area (Å²) in [6.07, 6.45) is 3.75. The van der Waals surface area contributed by atoms with Crippen LogP contribution in [0.15, 0.2) is 36.4 Å². The molecule has 162 valence electrons. The van der Waals surface area contributed by atoms with Crippen molar-refractivity contribution in [2.24, 2.45) is 0 Å². The standard InChI is InChI=1S/C24H29ClFNO3/c1-3-4-15-29-21-16-19(20-11-8-13-27(20)14-12-26)23(25)17(2)22(21)24(28)30-18-9-6-5-7-10-18/h5-7,9-10,16,20H,3-4,8,11-15H2,1-2H3. The Hall–Kier alpha value is -2.11. The molecule has 3 rings (SSSR count). The van der Waals surface area contributed by atoms with E-state index in [0.29, 0.717) is 40.8 Å². The van der Waals surface area contributed by atoms with Gasteiger partial charge in [0.25, 0.3) is 0 Å². The zero-order valence-electron chi connectivity index (χ0n) is 17.6. The van der Waals surface area contributed by atoms with Crippen molar-refractivity contribution in [3.05, 3.63) is 58.1 Å². The average molecular weight is 434 g/mol. The van der Waals surface area contributed by atoms with Gasteiger partial charge in [0, 0.05) is 17.6 Å². The fraction of sp³-hybridized carbons (Fsp3) is 0.458. The molecule has 0 amide bonds. The second-order valence-electron chi connectivity index (χ2n) is 7.57. The molecule has 6 heteroatoms. The van der Waals surface area contributed by atoms with Gasteiger partial charge in [-0.15, -0.1) is 0 Å². The molecule has 4 nitrogen and oxygen atoms in total. The highest BCUT2D eigenvalue weighted by atomic mass is 35.5. The summed E-state index contributed by atoms with van der Waals surface area (Å²) in [6, 6.07) is 10.8. The summed E-state index contributed by atoms with van der Waals surface area (Å²) >= 11 is 6.74. The van der Waals surface area contributed by atoms with Crippen LogP contribution in [0.5, 0.6) is 11.5 Å². The van der Waals surface area contributed by atoms with Crippen molar-refractivity contribution in [3.63, 3.8) is 0 Å². The minimum Gasteiger partial charge on any atom is -0.493 e. The highest BCUT2D eigenvalue weighted by Crippen LogP contribution is 2.41. The van der Waals surface area contributed by atoms with Crippen molar-refractivity contribution in [3.8, 4) is 11.5 Å². The Morgan fingerprint density at radius 1 is 1.30 bits per heavy atom. The minimum absolute atomic E-state index is 0.0275. The summed E-state index contributed by atoms with van der Waals surface area (Å²) in [5, 5.41) is 0.522. The Kier molecular flexibility index (Phi) is 8.11. The molecule has 0 radical (unpaired) electrons. The van der Waals surface area contributed by atoms with E-state index in [1.165, 1.54) is 0 Å². The lowest BCUT2D eigenvalue weighted by Crippen LogP contribution is -2.26. The van der Waals surface area contributed by atoms with Crippen molar-refractivity contribution < 1.29 is 18.7 Å². The third kappa shape index (κ3) is 5.13. The molecule has 1 saturated heterocycles. The zero-order chi connectivity index (χ0) is 21.5. The van der Waals surface area contributed by atoms with Gasteiger partial charge in [0.15, 0.2) is 0 Å². The van der Waals surface area contributed by atoms with Gasteiger partial charge in [0.2, 0.25) is 0 Å². The number of likely N-dealkylation sites (tertiary alicyclic amines) is 1. The maximum absolute atomic E-state index is 13.0. The van der Waals surface area contributed by atoms with Crippen LogP contribution in [0.1, 0.15) is 60.1 Å². The number of benzene rings is 2. The SMILES string of the molecule is CCCCOc1cc(C2CCCN2CCF)c(Cl)c(C)c1C(=O)Oc1ccccc1. The van der Waals surface area contributed by atoms with Crippen LogP contribution in [0.2, 0.25) is 5.02 Å². The first-order valence-electron chi connectivity index (χ1n) is 10.6. The lowest BCUT2D eigenvalue weighted by Gasteiger charge is -2.26. The van der Waals surface area contributed by atoms with E-state index < -0.39 is 12.6 Å². The van der Waals surface area contributed by atoms with Gasteiger partial charge < -0.3 is 9.47 Å². The van der Waals surface area contributed by atoms with E-state index in [1.807, 2.05) is 31.2 Å². The first kappa shape index (κ1) is 22.6. The molecule has 0 aromatic heterocycles. The van der Waals surface area contributed by atoms with Crippen molar-refractivity contribution >= 4 is 17.6 Å². The topological polar surface area (TPSA) is 38.8 Å². The first-order valence-corrected chi connectivity index (χ1v) is 11.0. The van der Waals surface area contributed by atoms with Crippen LogP contribution in [0.25, 0.3) is 0 Å².